The number of pyridine rings is 2. The molecule has 0 radical (unpaired) electrons. The average molecular weight is 376 g/mol. The van der Waals surface area contributed by atoms with Crippen LogP contribution < -0.4 is 0 Å². The van der Waals surface area contributed by atoms with Crippen LogP contribution in [0.2, 0.25) is 0 Å². The first-order chi connectivity index (χ1) is 14.3. The Morgan fingerprint density at radius 2 is 1.21 bits per heavy atom. The Balaban J connectivity index is 1.47. The summed E-state index contributed by atoms with van der Waals surface area (Å²) >= 11 is 0. The maximum absolute atomic E-state index is 13.2. The van der Waals surface area contributed by atoms with Crippen molar-refractivity contribution in [3.63, 3.8) is 0 Å². The van der Waals surface area contributed by atoms with Crippen LogP contribution in [0.4, 0.5) is 4.39 Å². The van der Waals surface area contributed by atoms with E-state index in [0.717, 1.165) is 44.3 Å². The Morgan fingerprint density at radius 1 is 0.552 bits per heavy atom. The summed E-state index contributed by atoms with van der Waals surface area (Å²) in [5.74, 6) is -0.220. The summed E-state index contributed by atoms with van der Waals surface area (Å²) in [5.41, 5.74) is 6.19. The van der Waals surface area contributed by atoms with Crippen LogP contribution in [-0.2, 0) is 0 Å². The van der Waals surface area contributed by atoms with Crippen molar-refractivity contribution < 1.29 is 4.39 Å². The number of hydrogen-bond acceptors (Lipinski definition) is 2. The summed E-state index contributed by atoms with van der Waals surface area (Å²) < 4.78 is 13.2. The van der Waals surface area contributed by atoms with Gasteiger partial charge in [0.25, 0.3) is 0 Å². The second-order valence-corrected chi connectivity index (χ2v) is 6.96. The minimum Gasteiger partial charge on any atom is -0.264 e. The first kappa shape index (κ1) is 17.3. The van der Waals surface area contributed by atoms with Crippen LogP contribution in [0.3, 0.4) is 0 Å². The number of halogens is 1. The molecule has 0 N–H and O–H groups in total. The van der Waals surface area contributed by atoms with Crippen LogP contribution in [0.1, 0.15) is 0 Å². The van der Waals surface area contributed by atoms with Gasteiger partial charge in [0.2, 0.25) is 0 Å². The van der Waals surface area contributed by atoms with E-state index in [0.29, 0.717) is 0 Å². The second kappa shape index (κ2) is 7.28. The smallest absolute Gasteiger partial charge is 0.123 e. The van der Waals surface area contributed by atoms with E-state index >= 15 is 0 Å². The van der Waals surface area contributed by atoms with Gasteiger partial charge in [-0.1, -0.05) is 42.5 Å². The predicted octanol–water partition coefficient (Wildman–Crippen LogP) is 6.77. The number of nitrogens with zero attached hydrogens (tertiary/aromatic N) is 2. The van der Waals surface area contributed by atoms with Crippen molar-refractivity contribution in [1.29, 1.82) is 0 Å². The topological polar surface area (TPSA) is 25.8 Å². The minimum absolute atomic E-state index is 0.220. The van der Waals surface area contributed by atoms with Crippen LogP contribution in [-0.4, -0.2) is 9.97 Å². The molecule has 5 rings (SSSR count). The molecule has 138 valence electrons. The lowest BCUT2D eigenvalue weighted by molar-refractivity contribution is 0.628. The van der Waals surface area contributed by atoms with E-state index in [-0.39, 0.29) is 5.82 Å². The molecule has 5 aromatic rings. The lowest BCUT2D eigenvalue weighted by Crippen LogP contribution is -1.86. The van der Waals surface area contributed by atoms with Gasteiger partial charge in [0.1, 0.15) is 5.82 Å². The quantitative estimate of drug-likeness (QED) is 0.347. The van der Waals surface area contributed by atoms with Gasteiger partial charge in [-0.3, -0.25) is 9.97 Å². The minimum atomic E-state index is -0.220. The standard InChI is InChI=1S/C26H17FN2/c27-25-10-7-18(8-11-25)19-3-4-21-15-22(6-5-20(21)14-19)23-9-12-26(29-17-23)24-2-1-13-28-16-24/h1-17H. The van der Waals surface area contributed by atoms with E-state index in [1.54, 1.807) is 18.3 Å². The highest BCUT2D eigenvalue weighted by Gasteiger charge is 2.05. The molecule has 3 aromatic carbocycles. The van der Waals surface area contributed by atoms with E-state index in [1.165, 1.54) is 12.1 Å². The molecule has 0 aliphatic rings. The van der Waals surface area contributed by atoms with Crippen molar-refractivity contribution in [2.24, 2.45) is 0 Å². The van der Waals surface area contributed by atoms with Crippen LogP contribution in [0.25, 0.3) is 44.3 Å². The predicted molar refractivity (Wildman–Crippen MR) is 116 cm³/mol. The lowest BCUT2D eigenvalue weighted by atomic mass is 9.98. The van der Waals surface area contributed by atoms with Gasteiger partial charge >= 0.3 is 0 Å². The first-order valence-corrected chi connectivity index (χ1v) is 9.43. The molecular formula is C26H17FN2. The molecule has 0 fully saturated rings. The number of rotatable bonds is 3. The SMILES string of the molecule is Fc1ccc(-c2ccc3cc(-c4ccc(-c5cccnc5)nc4)ccc3c2)cc1. The normalized spacial score (nSPS) is 10.9. The molecule has 0 saturated heterocycles. The largest absolute Gasteiger partial charge is 0.264 e. The summed E-state index contributed by atoms with van der Waals surface area (Å²) in [7, 11) is 0. The molecule has 0 aliphatic heterocycles. The number of fused-ring (bicyclic) bond motifs is 1. The van der Waals surface area contributed by atoms with Crippen LogP contribution in [0.5, 0.6) is 0 Å². The third kappa shape index (κ3) is 3.50. The maximum atomic E-state index is 13.2. The fourth-order valence-electron chi connectivity index (χ4n) is 3.50. The van der Waals surface area contributed by atoms with Gasteiger partial charge in [0, 0.05) is 29.7 Å². The van der Waals surface area contributed by atoms with Crippen LogP contribution in [0.15, 0.2) is 104 Å². The summed E-state index contributed by atoms with van der Waals surface area (Å²) in [6.45, 7) is 0. The fraction of sp³-hybridized carbons (Fsp3) is 0. The Bertz CT molecular complexity index is 1280. The zero-order valence-electron chi connectivity index (χ0n) is 15.6. The number of aromatic nitrogens is 2. The van der Waals surface area contributed by atoms with E-state index < -0.39 is 0 Å². The Morgan fingerprint density at radius 3 is 1.83 bits per heavy atom. The summed E-state index contributed by atoms with van der Waals surface area (Å²) in [6, 6.07) is 27.3. The van der Waals surface area contributed by atoms with Crippen molar-refractivity contribution in [3.8, 4) is 33.5 Å². The van der Waals surface area contributed by atoms with Crippen molar-refractivity contribution in [3.05, 3.63) is 109 Å². The summed E-state index contributed by atoms with van der Waals surface area (Å²) in [6.07, 6.45) is 5.47. The lowest BCUT2D eigenvalue weighted by Gasteiger charge is -2.08. The molecule has 3 heteroatoms. The zero-order valence-corrected chi connectivity index (χ0v) is 15.6. The third-order valence-corrected chi connectivity index (χ3v) is 5.07. The molecule has 0 aliphatic carbocycles. The van der Waals surface area contributed by atoms with Gasteiger partial charge in [0.05, 0.1) is 5.69 Å². The second-order valence-electron chi connectivity index (χ2n) is 6.96. The monoisotopic (exact) mass is 376 g/mol. The van der Waals surface area contributed by atoms with Crippen LogP contribution >= 0.6 is 0 Å². The van der Waals surface area contributed by atoms with Gasteiger partial charge < -0.3 is 0 Å². The summed E-state index contributed by atoms with van der Waals surface area (Å²) in [4.78, 5) is 8.75. The van der Waals surface area contributed by atoms with Crippen molar-refractivity contribution >= 4 is 10.8 Å². The molecule has 0 bridgehead atoms. The molecule has 2 aromatic heterocycles. The first-order valence-electron chi connectivity index (χ1n) is 9.43. The molecule has 0 amide bonds. The molecular weight excluding hydrogens is 359 g/mol. The molecule has 2 heterocycles. The number of hydrogen-bond donors (Lipinski definition) is 0. The highest BCUT2D eigenvalue weighted by Crippen LogP contribution is 2.29. The molecule has 0 atom stereocenters. The van der Waals surface area contributed by atoms with Gasteiger partial charge in [0.15, 0.2) is 0 Å². The van der Waals surface area contributed by atoms with Crippen molar-refractivity contribution in [1.82, 2.24) is 9.97 Å². The number of benzene rings is 3. The fourth-order valence-corrected chi connectivity index (χ4v) is 3.50. The van der Waals surface area contributed by atoms with E-state index in [4.69, 9.17) is 0 Å². The van der Waals surface area contributed by atoms with E-state index in [2.05, 4.69) is 52.4 Å². The molecule has 2 nitrogen and oxygen atoms in total. The van der Waals surface area contributed by atoms with Gasteiger partial charge in [-0.05, 0) is 69.9 Å². The molecule has 0 unspecified atom stereocenters. The Labute approximate surface area is 168 Å². The van der Waals surface area contributed by atoms with Crippen molar-refractivity contribution in [2.45, 2.75) is 0 Å². The van der Waals surface area contributed by atoms with Gasteiger partial charge in [-0.2, -0.15) is 0 Å². The van der Waals surface area contributed by atoms with Gasteiger partial charge in [-0.15, -0.1) is 0 Å². The van der Waals surface area contributed by atoms with E-state index in [9.17, 15) is 4.39 Å². The van der Waals surface area contributed by atoms with E-state index in [1.807, 2.05) is 30.6 Å². The Hall–Kier alpha value is -3.85. The van der Waals surface area contributed by atoms with Gasteiger partial charge in [-0.25, -0.2) is 4.39 Å². The highest BCUT2D eigenvalue weighted by atomic mass is 19.1. The third-order valence-electron chi connectivity index (χ3n) is 5.07. The highest BCUT2D eigenvalue weighted by molar-refractivity contribution is 5.90. The molecule has 29 heavy (non-hydrogen) atoms. The summed E-state index contributed by atoms with van der Waals surface area (Å²) in [5, 5.41) is 2.31. The average Bonchev–Trinajstić information content (AvgIpc) is 2.80. The maximum Gasteiger partial charge on any atom is 0.123 e. The van der Waals surface area contributed by atoms with Crippen LogP contribution in [0, 0.1) is 5.82 Å². The Kier molecular flexibility index (Phi) is 4.34. The molecule has 0 saturated carbocycles. The van der Waals surface area contributed by atoms with Crippen molar-refractivity contribution in [2.75, 3.05) is 0 Å². The molecule has 0 spiro atoms. The zero-order chi connectivity index (χ0) is 19.6.